The first-order valence-corrected chi connectivity index (χ1v) is 10.00. The van der Waals surface area contributed by atoms with Gasteiger partial charge in [0.2, 0.25) is 5.91 Å². The maximum atomic E-state index is 12.2. The molecule has 1 fully saturated rings. The average Bonchev–Trinajstić information content (AvgIpc) is 2.60. The number of ether oxygens (including phenoxy) is 1. The Morgan fingerprint density at radius 3 is 2.56 bits per heavy atom. The van der Waals surface area contributed by atoms with E-state index in [0.29, 0.717) is 30.9 Å². The van der Waals surface area contributed by atoms with Crippen molar-refractivity contribution in [2.45, 2.75) is 18.7 Å². The van der Waals surface area contributed by atoms with Crippen molar-refractivity contribution in [1.82, 2.24) is 10.2 Å². The summed E-state index contributed by atoms with van der Waals surface area (Å²) in [5, 5.41) is 11.4. The molecule has 0 aromatic heterocycles. The number of rotatable bonds is 7. The van der Waals surface area contributed by atoms with E-state index in [0.717, 1.165) is 13.1 Å². The number of nitrogens with one attached hydrogen (secondary N) is 1. The molecule has 1 amide bonds. The number of hydrogen-bond acceptors (Lipinski definition) is 6. The molecule has 1 aliphatic rings. The van der Waals surface area contributed by atoms with Crippen molar-refractivity contribution < 1.29 is 17.9 Å². The quantitative estimate of drug-likeness (QED) is 0.747. The van der Waals surface area contributed by atoms with Gasteiger partial charge in [0.25, 0.3) is 0 Å². The Labute approximate surface area is 148 Å². The van der Waals surface area contributed by atoms with Crippen molar-refractivity contribution in [2.75, 3.05) is 38.6 Å². The zero-order valence-electron chi connectivity index (χ0n) is 14.3. The fraction of sp³-hybridized carbons (Fsp3) is 0.529. The van der Waals surface area contributed by atoms with E-state index in [-0.39, 0.29) is 11.8 Å². The fourth-order valence-electron chi connectivity index (χ4n) is 2.64. The van der Waals surface area contributed by atoms with Crippen molar-refractivity contribution in [3.05, 3.63) is 35.4 Å². The highest BCUT2D eigenvalue weighted by Crippen LogP contribution is 2.09. The summed E-state index contributed by atoms with van der Waals surface area (Å²) in [5.41, 5.74) is 1.03. The summed E-state index contributed by atoms with van der Waals surface area (Å²) in [5.74, 6) is -1.25. The Balaban J connectivity index is 1.80. The molecule has 2 rings (SSSR count). The third-order valence-corrected chi connectivity index (χ3v) is 5.56. The lowest BCUT2D eigenvalue weighted by atomic mass is 10.2. The van der Waals surface area contributed by atoms with Crippen LogP contribution in [0.1, 0.15) is 18.1 Å². The predicted molar refractivity (Wildman–Crippen MR) is 93.5 cm³/mol. The van der Waals surface area contributed by atoms with Crippen molar-refractivity contribution in [3.8, 4) is 6.07 Å². The minimum Gasteiger partial charge on any atom is -0.379 e. The van der Waals surface area contributed by atoms with Crippen LogP contribution in [0.5, 0.6) is 0 Å². The maximum Gasteiger partial charge on any atom is 0.235 e. The van der Waals surface area contributed by atoms with Crippen LogP contribution >= 0.6 is 0 Å². The van der Waals surface area contributed by atoms with E-state index in [1.54, 1.807) is 24.3 Å². The number of carbonyl (C=O) groups is 1. The van der Waals surface area contributed by atoms with E-state index in [4.69, 9.17) is 10.00 Å². The third kappa shape index (κ3) is 6.46. The Bertz CT molecular complexity index is 719. The lowest BCUT2D eigenvalue weighted by molar-refractivity contribution is -0.118. The summed E-state index contributed by atoms with van der Waals surface area (Å²) in [6.07, 6.45) is 0. The van der Waals surface area contributed by atoms with Gasteiger partial charge in [0.15, 0.2) is 9.84 Å². The highest BCUT2D eigenvalue weighted by Gasteiger charge is 2.20. The van der Waals surface area contributed by atoms with Crippen LogP contribution in [-0.2, 0) is 25.1 Å². The SMILES string of the molecule is CC(CNC(=O)CS(=O)(=O)Cc1ccc(C#N)cc1)N1CCOCC1. The smallest absolute Gasteiger partial charge is 0.235 e. The van der Waals surface area contributed by atoms with Crippen LogP contribution in [0.25, 0.3) is 0 Å². The molecule has 25 heavy (non-hydrogen) atoms. The van der Waals surface area contributed by atoms with Crippen LogP contribution < -0.4 is 5.32 Å². The molecular formula is C17H23N3O4S. The Morgan fingerprint density at radius 1 is 1.32 bits per heavy atom. The molecule has 0 spiro atoms. The van der Waals surface area contributed by atoms with Gasteiger partial charge in [-0.05, 0) is 24.6 Å². The highest BCUT2D eigenvalue weighted by molar-refractivity contribution is 7.91. The Hall–Kier alpha value is -1.95. The molecular weight excluding hydrogens is 342 g/mol. The molecule has 1 saturated heterocycles. The van der Waals surface area contributed by atoms with E-state index in [9.17, 15) is 13.2 Å². The van der Waals surface area contributed by atoms with Crippen molar-refractivity contribution in [1.29, 1.82) is 5.26 Å². The number of hydrogen-bond donors (Lipinski definition) is 1. The summed E-state index contributed by atoms with van der Waals surface area (Å²) in [7, 11) is -3.55. The fourth-order valence-corrected chi connectivity index (χ4v) is 3.94. The summed E-state index contributed by atoms with van der Waals surface area (Å²) >= 11 is 0. The van der Waals surface area contributed by atoms with Gasteiger partial charge in [-0.25, -0.2) is 8.42 Å². The molecule has 136 valence electrons. The normalized spacial score (nSPS) is 16.8. The summed E-state index contributed by atoms with van der Waals surface area (Å²) in [6, 6.07) is 8.42. The minimum atomic E-state index is -3.55. The van der Waals surface area contributed by atoms with Gasteiger partial charge in [-0.15, -0.1) is 0 Å². The van der Waals surface area contributed by atoms with Gasteiger partial charge < -0.3 is 10.1 Å². The van der Waals surface area contributed by atoms with Crippen LogP contribution in [0.15, 0.2) is 24.3 Å². The van der Waals surface area contributed by atoms with Gasteiger partial charge in [-0.3, -0.25) is 9.69 Å². The molecule has 8 heteroatoms. The van der Waals surface area contributed by atoms with Crippen molar-refractivity contribution in [3.63, 3.8) is 0 Å². The molecule has 0 radical (unpaired) electrons. The molecule has 0 bridgehead atoms. The number of amides is 1. The summed E-state index contributed by atoms with van der Waals surface area (Å²) < 4.78 is 29.6. The second-order valence-corrected chi connectivity index (χ2v) is 8.21. The van der Waals surface area contributed by atoms with Gasteiger partial charge in [0.05, 0.1) is 30.6 Å². The summed E-state index contributed by atoms with van der Waals surface area (Å²) in [4.78, 5) is 14.2. The first-order chi connectivity index (χ1) is 11.9. The van der Waals surface area contributed by atoms with Crippen molar-refractivity contribution in [2.24, 2.45) is 0 Å². The second kappa shape index (κ2) is 8.94. The molecule has 1 aromatic rings. The number of nitrogens with zero attached hydrogens (tertiary/aromatic N) is 2. The lowest BCUT2D eigenvalue weighted by Gasteiger charge is -2.32. The van der Waals surface area contributed by atoms with Gasteiger partial charge in [0, 0.05) is 25.7 Å². The van der Waals surface area contributed by atoms with Gasteiger partial charge in [-0.2, -0.15) is 5.26 Å². The zero-order chi connectivity index (χ0) is 18.3. The van der Waals surface area contributed by atoms with Crippen LogP contribution in [0.4, 0.5) is 0 Å². The minimum absolute atomic E-state index is 0.133. The molecule has 1 unspecified atom stereocenters. The molecule has 0 aliphatic carbocycles. The third-order valence-electron chi connectivity index (χ3n) is 4.08. The lowest BCUT2D eigenvalue weighted by Crippen LogP contribution is -2.48. The van der Waals surface area contributed by atoms with Crippen LogP contribution in [0, 0.1) is 11.3 Å². The number of morpholine rings is 1. The van der Waals surface area contributed by atoms with E-state index in [1.165, 1.54) is 0 Å². The molecule has 7 nitrogen and oxygen atoms in total. The molecule has 0 saturated carbocycles. The molecule has 1 atom stereocenters. The van der Waals surface area contributed by atoms with Gasteiger partial charge in [-0.1, -0.05) is 12.1 Å². The van der Waals surface area contributed by atoms with Gasteiger partial charge in [0.1, 0.15) is 5.75 Å². The first-order valence-electron chi connectivity index (χ1n) is 8.17. The van der Waals surface area contributed by atoms with E-state index in [1.807, 2.05) is 13.0 Å². The van der Waals surface area contributed by atoms with Crippen LogP contribution in [-0.4, -0.2) is 63.9 Å². The predicted octanol–water partition coefficient (Wildman–Crippen LogP) is 0.310. The molecule has 1 aromatic carbocycles. The average molecular weight is 365 g/mol. The van der Waals surface area contributed by atoms with E-state index < -0.39 is 21.5 Å². The molecule has 1 N–H and O–H groups in total. The van der Waals surface area contributed by atoms with E-state index >= 15 is 0 Å². The monoisotopic (exact) mass is 365 g/mol. The number of carbonyl (C=O) groups excluding carboxylic acids is 1. The summed E-state index contributed by atoms with van der Waals surface area (Å²) in [6.45, 7) is 5.39. The van der Waals surface area contributed by atoms with E-state index in [2.05, 4.69) is 10.2 Å². The highest BCUT2D eigenvalue weighted by atomic mass is 32.2. The topological polar surface area (TPSA) is 99.5 Å². The Kier molecular flexibility index (Phi) is 6.93. The number of benzene rings is 1. The number of nitriles is 1. The van der Waals surface area contributed by atoms with Crippen LogP contribution in [0.3, 0.4) is 0 Å². The standard InChI is InChI=1S/C17H23N3O4S/c1-14(20-6-8-24-9-7-20)11-19-17(21)13-25(22,23)12-16-4-2-15(10-18)3-5-16/h2-5,14H,6-9,11-13H2,1H3,(H,19,21). The molecule has 1 heterocycles. The van der Waals surface area contributed by atoms with Crippen LogP contribution in [0.2, 0.25) is 0 Å². The molecule has 1 aliphatic heterocycles. The zero-order valence-corrected chi connectivity index (χ0v) is 15.1. The largest absolute Gasteiger partial charge is 0.379 e. The number of sulfone groups is 1. The maximum absolute atomic E-state index is 12.2. The van der Waals surface area contributed by atoms with Crippen molar-refractivity contribution >= 4 is 15.7 Å². The Morgan fingerprint density at radius 2 is 1.96 bits per heavy atom. The second-order valence-electron chi connectivity index (χ2n) is 6.14. The van der Waals surface area contributed by atoms with Gasteiger partial charge >= 0.3 is 0 Å². The first kappa shape index (κ1) is 19.4.